The van der Waals surface area contributed by atoms with Crippen molar-refractivity contribution in [3.8, 4) is 11.5 Å². The largest absolute Gasteiger partial charge is 0.493 e. The quantitative estimate of drug-likeness (QED) is 0.742. The highest BCUT2D eigenvalue weighted by Gasteiger charge is 2.74. The van der Waals surface area contributed by atoms with Crippen molar-refractivity contribution in [1.82, 2.24) is 0 Å². The number of quaternary nitrogens is 1. The Morgan fingerprint density at radius 3 is 3.00 bits per heavy atom. The second kappa shape index (κ2) is 4.08. The zero-order chi connectivity index (χ0) is 16.0. The number of piperidine rings is 1. The highest BCUT2D eigenvalue weighted by molar-refractivity contribution is 5.90. The zero-order valence-corrected chi connectivity index (χ0v) is 13.5. The number of ketones is 1. The van der Waals surface area contributed by atoms with Crippen LogP contribution in [0.5, 0.6) is 11.5 Å². The van der Waals surface area contributed by atoms with Crippen LogP contribution in [0.2, 0.25) is 0 Å². The summed E-state index contributed by atoms with van der Waals surface area (Å²) < 4.78 is 11.6. The van der Waals surface area contributed by atoms with Gasteiger partial charge >= 0.3 is 0 Å². The highest BCUT2D eigenvalue weighted by Crippen LogP contribution is 2.62. The summed E-state index contributed by atoms with van der Waals surface area (Å²) in [5.74, 6) is 1.49. The molecule has 5 atom stereocenters. The maximum absolute atomic E-state index is 12.7. The molecule has 1 aromatic rings. The predicted octanol–water partition coefficient (Wildman–Crippen LogP) is -0.369. The summed E-state index contributed by atoms with van der Waals surface area (Å²) in [5, 5.41) is 11.8. The molecule has 2 N–H and O–H groups in total. The van der Waals surface area contributed by atoms with Crippen LogP contribution in [0.4, 0.5) is 0 Å². The molecule has 2 bridgehead atoms. The highest BCUT2D eigenvalue weighted by atomic mass is 16.5. The Labute approximate surface area is 135 Å². The van der Waals surface area contributed by atoms with Gasteiger partial charge in [-0.15, -0.1) is 0 Å². The van der Waals surface area contributed by atoms with Crippen LogP contribution in [0.15, 0.2) is 12.1 Å². The summed E-state index contributed by atoms with van der Waals surface area (Å²) in [4.78, 5) is 14.0. The maximum atomic E-state index is 12.7. The molecule has 2 heterocycles. The number of nitrogens with one attached hydrogen (secondary N) is 1. The molecular formula is C18H22NO4+. The summed E-state index contributed by atoms with van der Waals surface area (Å²) in [6, 6.07) is 4.15. The number of rotatable bonds is 1. The lowest BCUT2D eigenvalue weighted by atomic mass is 9.49. The molecule has 2 fully saturated rings. The summed E-state index contributed by atoms with van der Waals surface area (Å²) in [5.41, 5.74) is 0.829. The minimum Gasteiger partial charge on any atom is -0.493 e. The van der Waals surface area contributed by atoms with Crippen LogP contribution in [0, 0.1) is 0 Å². The monoisotopic (exact) mass is 316 g/mol. The third-order valence-corrected chi connectivity index (χ3v) is 6.88. The lowest BCUT2D eigenvalue weighted by Gasteiger charge is -2.59. The first-order chi connectivity index (χ1) is 11.0. The molecule has 1 saturated carbocycles. The Bertz CT molecular complexity index is 732. The van der Waals surface area contributed by atoms with Crippen molar-refractivity contribution in [2.24, 2.45) is 0 Å². The van der Waals surface area contributed by atoms with Crippen LogP contribution < -0.4 is 14.4 Å². The van der Waals surface area contributed by atoms with Crippen LogP contribution in [0.25, 0.3) is 0 Å². The van der Waals surface area contributed by atoms with E-state index in [9.17, 15) is 9.90 Å². The van der Waals surface area contributed by atoms with Gasteiger partial charge in [0.25, 0.3) is 0 Å². The van der Waals surface area contributed by atoms with Gasteiger partial charge in [-0.05, 0) is 18.1 Å². The van der Waals surface area contributed by atoms with Crippen molar-refractivity contribution in [1.29, 1.82) is 0 Å². The molecule has 23 heavy (non-hydrogen) atoms. The second-order valence-electron chi connectivity index (χ2n) is 7.59. The van der Waals surface area contributed by atoms with E-state index in [1.165, 1.54) is 10.5 Å². The lowest BCUT2D eigenvalue weighted by Crippen LogP contribution is -3.19. The Morgan fingerprint density at radius 2 is 2.22 bits per heavy atom. The van der Waals surface area contributed by atoms with Gasteiger partial charge in [-0.3, -0.25) is 4.79 Å². The van der Waals surface area contributed by atoms with E-state index in [4.69, 9.17) is 9.47 Å². The third kappa shape index (κ3) is 1.32. The number of ether oxygens (including phenoxy) is 2. The standard InChI is InChI=1S/C18H21NO4/c1-19-8-7-17-14-10-3-4-12(22-2)15(14)23-16(17)11(20)5-6-18(17,21)13(19)9-10/h3-4,13,16,21H,5-9H2,1-2H3/p+1/t13-,16+,17+,18-/m0/s1. The van der Waals surface area contributed by atoms with E-state index < -0.39 is 17.1 Å². The lowest BCUT2D eigenvalue weighted by molar-refractivity contribution is -0.923. The molecule has 2 aliphatic carbocycles. The molecule has 1 spiro atoms. The summed E-state index contributed by atoms with van der Waals surface area (Å²) in [6.45, 7) is 0.955. The van der Waals surface area contributed by atoms with Gasteiger partial charge < -0.3 is 19.5 Å². The summed E-state index contributed by atoms with van der Waals surface area (Å²) >= 11 is 0. The smallest absolute Gasteiger partial charge is 0.174 e. The number of benzene rings is 1. The number of carbonyl (C=O) groups excluding carboxylic acids is 1. The molecule has 122 valence electrons. The van der Waals surface area contributed by atoms with Crippen molar-refractivity contribution < 1.29 is 24.3 Å². The van der Waals surface area contributed by atoms with Crippen LogP contribution in [0.1, 0.15) is 30.4 Å². The summed E-state index contributed by atoms with van der Waals surface area (Å²) in [7, 11) is 3.78. The average Bonchev–Trinajstić information content (AvgIpc) is 2.90. The van der Waals surface area contributed by atoms with Crippen LogP contribution >= 0.6 is 0 Å². The number of likely N-dealkylation sites (N-methyl/N-ethyl adjacent to an activating group) is 1. The number of hydrogen-bond acceptors (Lipinski definition) is 4. The fourth-order valence-electron chi connectivity index (χ4n) is 5.84. The molecule has 5 heteroatoms. The van der Waals surface area contributed by atoms with Crippen molar-refractivity contribution in [2.45, 2.75) is 48.8 Å². The van der Waals surface area contributed by atoms with Gasteiger partial charge in [0, 0.05) is 24.8 Å². The van der Waals surface area contributed by atoms with Crippen molar-refractivity contribution in [2.75, 3.05) is 20.7 Å². The van der Waals surface area contributed by atoms with E-state index in [1.807, 2.05) is 6.07 Å². The minimum atomic E-state index is -0.863. The topological polar surface area (TPSA) is 60.2 Å². The Morgan fingerprint density at radius 1 is 1.39 bits per heavy atom. The third-order valence-electron chi connectivity index (χ3n) is 6.88. The average molecular weight is 316 g/mol. The van der Waals surface area contributed by atoms with Crippen LogP contribution in [-0.2, 0) is 16.6 Å². The van der Waals surface area contributed by atoms with E-state index in [1.54, 1.807) is 7.11 Å². The SMILES string of the molecule is COc1ccc2c3c1O[C@@H]1C(=O)CC[C@]4(O)[C@H](C2)[NH+](C)CC[C@@]314. The van der Waals surface area contributed by atoms with E-state index in [0.29, 0.717) is 24.3 Å². The Balaban J connectivity index is 1.86. The molecule has 1 saturated heterocycles. The number of Topliss-reactive ketones (excluding diaryl/α,β-unsaturated/α-hetero) is 1. The first kappa shape index (κ1) is 13.8. The van der Waals surface area contributed by atoms with Crippen molar-refractivity contribution in [3.63, 3.8) is 0 Å². The zero-order valence-electron chi connectivity index (χ0n) is 13.5. The Hall–Kier alpha value is -1.59. The first-order valence-corrected chi connectivity index (χ1v) is 8.47. The van der Waals surface area contributed by atoms with E-state index >= 15 is 0 Å². The summed E-state index contributed by atoms with van der Waals surface area (Å²) in [6.07, 6.45) is 2.01. The van der Waals surface area contributed by atoms with Gasteiger partial charge in [0.2, 0.25) is 0 Å². The van der Waals surface area contributed by atoms with E-state index in [2.05, 4.69) is 13.1 Å². The molecule has 1 aromatic carbocycles. The van der Waals surface area contributed by atoms with Gasteiger partial charge in [0.15, 0.2) is 23.4 Å². The number of aliphatic hydroxyl groups is 1. The van der Waals surface area contributed by atoms with Gasteiger partial charge in [-0.2, -0.15) is 0 Å². The van der Waals surface area contributed by atoms with Gasteiger partial charge in [0.1, 0.15) is 11.6 Å². The fraction of sp³-hybridized carbons (Fsp3) is 0.611. The first-order valence-electron chi connectivity index (χ1n) is 8.47. The molecule has 0 radical (unpaired) electrons. The number of hydrogen-bond donors (Lipinski definition) is 2. The molecule has 2 aliphatic heterocycles. The van der Waals surface area contributed by atoms with Gasteiger partial charge in [-0.1, -0.05) is 6.07 Å². The van der Waals surface area contributed by atoms with Crippen molar-refractivity contribution >= 4 is 5.78 Å². The molecule has 0 aromatic heterocycles. The molecular weight excluding hydrogens is 294 g/mol. The fourth-order valence-corrected chi connectivity index (χ4v) is 5.84. The maximum Gasteiger partial charge on any atom is 0.174 e. The van der Waals surface area contributed by atoms with Gasteiger partial charge in [0.05, 0.1) is 26.1 Å². The van der Waals surface area contributed by atoms with Crippen molar-refractivity contribution in [3.05, 3.63) is 23.3 Å². The van der Waals surface area contributed by atoms with Gasteiger partial charge in [-0.25, -0.2) is 0 Å². The molecule has 0 amide bonds. The number of likely N-dealkylation sites (tertiary alicyclic amines) is 1. The molecule has 4 aliphatic rings. The van der Waals surface area contributed by atoms with E-state index in [-0.39, 0.29) is 11.8 Å². The van der Waals surface area contributed by atoms with Crippen LogP contribution in [0.3, 0.4) is 0 Å². The molecule has 5 rings (SSSR count). The predicted molar refractivity (Wildman–Crippen MR) is 82.1 cm³/mol. The number of methoxy groups -OCH3 is 1. The van der Waals surface area contributed by atoms with Crippen LogP contribution in [-0.4, -0.2) is 49.3 Å². The second-order valence-corrected chi connectivity index (χ2v) is 7.59. The normalized spacial score (nSPS) is 42.9. The number of carbonyl (C=O) groups is 1. The van der Waals surface area contributed by atoms with E-state index in [0.717, 1.165) is 24.9 Å². The minimum absolute atomic E-state index is 0.124. The Kier molecular flexibility index (Phi) is 2.45. The molecule has 1 unspecified atom stereocenters. The molecule has 5 nitrogen and oxygen atoms in total.